The third-order valence-electron chi connectivity index (χ3n) is 2.55. The molecule has 0 unspecified atom stereocenters. The topological polar surface area (TPSA) is 3.88 Å². The quantitative estimate of drug-likeness (QED) is 0.225. The van der Waals surface area contributed by atoms with Gasteiger partial charge >= 0.3 is 33.0 Å². The summed E-state index contributed by atoms with van der Waals surface area (Å²) in [7, 11) is -10.7. The van der Waals surface area contributed by atoms with Crippen LogP contribution < -0.4 is 4.57 Å². The number of aryl methyl sites for hydroxylation is 1. The van der Waals surface area contributed by atoms with Crippen LogP contribution in [0.1, 0.15) is 45.4 Å². The van der Waals surface area contributed by atoms with E-state index in [2.05, 4.69) is 42.1 Å². The minimum absolute atomic E-state index is 1.17. The van der Waals surface area contributed by atoms with Gasteiger partial charge in [-0.15, -0.1) is 0 Å². The second-order valence-corrected chi connectivity index (χ2v) is 6.76. The third kappa shape index (κ3) is 24.5. The van der Waals surface area contributed by atoms with Gasteiger partial charge in [0.15, 0.2) is 12.4 Å². The van der Waals surface area contributed by atoms with Gasteiger partial charge in [0.2, 0.25) is 0 Å². The maximum absolute atomic E-state index is 10.7. The predicted molar refractivity (Wildman–Crippen MR) is 73.6 cm³/mol. The van der Waals surface area contributed by atoms with Crippen molar-refractivity contribution in [2.45, 2.75) is 52.0 Å². The normalized spacial score (nSPS) is 14.6. The molecule has 0 spiro atoms. The summed E-state index contributed by atoms with van der Waals surface area (Å²) >= 11 is 0. The number of aromatic nitrogens is 1. The molecule has 1 heterocycles. The molecule has 0 aromatic carbocycles. The molecule has 1 rings (SSSR count). The van der Waals surface area contributed by atoms with Crippen molar-refractivity contribution in [1.82, 2.24) is 0 Å². The zero-order chi connectivity index (χ0) is 16.5. The SMILES string of the molecule is CCCCCCCC[n+]1ccccc1.F[P-](F)(F)(F)(F)F. The first-order chi connectivity index (χ1) is 9.38. The number of nitrogens with zero attached hydrogens (tertiary/aromatic N) is 1. The van der Waals surface area contributed by atoms with Gasteiger partial charge in [0.05, 0.1) is 0 Å². The first-order valence-electron chi connectivity index (χ1n) is 6.89. The number of unbranched alkanes of at least 4 members (excludes halogenated alkanes) is 5. The molecule has 0 aliphatic carbocycles. The summed E-state index contributed by atoms with van der Waals surface area (Å²) in [6, 6.07) is 6.26. The van der Waals surface area contributed by atoms with E-state index in [0.29, 0.717) is 0 Å². The molecule has 1 aromatic rings. The van der Waals surface area contributed by atoms with Crippen molar-refractivity contribution in [2.75, 3.05) is 0 Å². The van der Waals surface area contributed by atoms with Gasteiger partial charge in [-0.2, -0.15) is 0 Å². The molecule has 0 aliphatic heterocycles. The third-order valence-corrected chi connectivity index (χ3v) is 2.55. The Morgan fingerprint density at radius 3 is 1.62 bits per heavy atom. The Bertz CT molecular complexity index is 377. The molecule has 0 radical (unpaired) electrons. The molecular formula is C13H22F6NP. The zero-order valence-electron chi connectivity index (χ0n) is 12.0. The molecule has 0 atom stereocenters. The van der Waals surface area contributed by atoms with Crippen LogP contribution >= 0.6 is 7.81 Å². The van der Waals surface area contributed by atoms with Crippen LogP contribution in [0, 0.1) is 0 Å². The summed E-state index contributed by atoms with van der Waals surface area (Å²) < 4.78 is 61.5. The maximum atomic E-state index is 9.87. The monoisotopic (exact) mass is 337 g/mol. The second-order valence-electron chi connectivity index (χ2n) is 4.84. The van der Waals surface area contributed by atoms with Crippen LogP contribution in [0.4, 0.5) is 25.2 Å². The van der Waals surface area contributed by atoms with Crippen LogP contribution in [-0.2, 0) is 6.54 Å². The Morgan fingerprint density at radius 1 is 0.714 bits per heavy atom. The van der Waals surface area contributed by atoms with Crippen LogP contribution in [0.25, 0.3) is 0 Å². The minimum atomic E-state index is -10.7. The Kier molecular flexibility index (Phi) is 7.13. The first-order valence-corrected chi connectivity index (χ1v) is 8.92. The molecule has 0 N–H and O–H groups in total. The van der Waals surface area contributed by atoms with Crippen molar-refractivity contribution in [3.63, 3.8) is 0 Å². The van der Waals surface area contributed by atoms with Crippen LogP contribution in [-0.4, -0.2) is 0 Å². The molecule has 1 nitrogen and oxygen atoms in total. The summed E-state index contributed by atoms with van der Waals surface area (Å²) in [4.78, 5) is 0. The van der Waals surface area contributed by atoms with E-state index in [1.807, 2.05) is 0 Å². The summed E-state index contributed by atoms with van der Waals surface area (Å²) in [5.41, 5.74) is 0. The molecule has 0 aliphatic rings. The van der Waals surface area contributed by atoms with E-state index in [1.54, 1.807) is 0 Å². The van der Waals surface area contributed by atoms with Crippen molar-refractivity contribution in [3.05, 3.63) is 30.6 Å². The number of pyridine rings is 1. The number of halogens is 6. The second kappa shape index (κ2) is 7.43. The van der Waals surface area contributed by atoms with Gasteiger partial charge < -0.3 is 0 Å². The standard InChI is InChI=1S/C13H22N.F6P/c1-2-3-4-5-6-8-11-14-12-9-7-10-13-14;1-7(2,3,4,5)6/h7,9-10,12-13H,2-6,8,11H2,1H3;/q+1;-1. The van der Waals surface area contributed by atoms with Crippen LogP contribution in [0.5, 0.6) is 0 Å². The fraction of sp³-hybridized carbons (Fsp3) is 0.615. The Hall–Kier alpha value is -0.840. The Balaban J connectivity index is 0.000000486. The molecule has 0 bridgehead atoms. The molecule has 8 heteroatoms. The van der Waals surface area contributed by atoms with Crippen molar-refractivity contribution >= 4 is 7.81 Å². The van der Waals surface area contributed by atoms with E-state index < -0.39 is 7.81 Å². The zero-order valence-corrected chi connectivity index (χ0v) is 12.9. The molecule has 21 heavy (non-hydrogen) atoms. The summed E-state index contributed by atoms with van der Waals surface area (Å²) in [6.45, 7) is 3.44. The van der Waals surface area contributed by atoms with Crippen molar-refractivity contribution in [2.24, 2.45) is 0 Å². The molecular weight excluding hydrogens is 315 g/mol. The van der Waals surface area contributed by atoms with Gasteiger partial charge in [0.1, 0.15) is 6.54 Å². The molecule has 126 valence electrons. The van der Waals surface area contributed by atoms with Gasteiger partial charge in [-0.25, -0.2) is 4.57 Å². The van der Waals surface area contributed by atoms with Crippen LogP contribution in [0.15, 0.2) is 30.6 Å². The van der Waals surface area contributed by atoms with E-state index in [0.717, 1.165) is 0 Å². The van der Waals surface area contributed by atoms with E-state index in [4.69, 9.17) is 0 Å². The number of rotatable bonds is 7. The van der Waals surface area contributed by atoms with Crippen molar-refractivity contribution in [3.8, 4) is 0 Å². The van der Waals surface area contributed by atoms with Crippen molar-refractivity contribution < 1.29 is 29.7 Å². The Morgan fingerprint density at radius 2 is 1.14 bits per heavy atom. The van der Waals surface area contributed by atoms with Crippen molar-refractivity contribution in [1.29, 1.82) is 0 Å². The van der Waals surface area contributed by atoms with Gasteiger partial charge in [-0.1, -0.05) is 38.7 Å². The van der Waals surface area contributed by atoms with Crippen LogP contribution in [0.2, 0.25) is 0 Å². The van der Waals surface area contributed by atoms with Crippen LogP contribution in [0.3, 0.4) is 0 Å². The summed E-state index contributed by atoms with van der Waals surface area (Å²) in [5, 5.41) is 0. The summed E-state index contributed by atoms with van der Waals surface area (Å²) in [6.07, 6.45) is 12.5. The molecule has 0 fully saturated rings. The fourth-order valence-corrected chi connectivity index (χ4v) is 1.66. The number of hydrogen-bond donors (Lipinski definition) is 0. The molecule has 0 saturated carbocycles. The van der Waals surface area contributed by atoms with Gasteiger partial charge in [-0.3, -0.25) is 0 Å². The average molecular weight is 337 g/mol. The fourth-order valence-electron chi connectivity index (χ4n) is 1.66. The Labute approximate surface area is 121 Å². The molecule has 0 saturated heterocycles. The van der Waals surface area contributed by atoms with Gasteiger partial charge in [0.25, 0.3) is 0 Å². The first kappa shape index (κ1) is 20.2. The number of hydrogen-bond acceptors (Lipinski definition) is 0. The van der Waals surface area contributed by atoms with E-state index >= 15 is 0 Å². The van der Waals surface area contributed by atoms with E-state index in [1.165, 1.54) is 45.1 Å². The van der Waals surface area contributed by atoms with E-state index in [9.17, 15) is 25.2 Å². The molecule has 0 amide bonds. The average Bonchev–Trinajstić information content (AvgIpc) is 2.31. The predicted octanol–water partition coefficient (Wildman–Crippen LogP) is 6.72. The van der Waals surface area contributed by atoms with Gasteiger partial charge in [0, 0.05) is 18.6 Å². The molecule has 1 aromatic heterocycles. The van der Waals surface area contributed by atoms with Gasteiger partial charge in [-0.05, 0) is 6.42 Å². The summed E-state index contributed by atoms with van der Waals surface area (Å²) in [5.74, 6) is 0. The van der Waals surface area contributed by atoms with E-state index in [-0.39, 0.29) is 0 Å².